The van der Waals surface area contributed by atoms with Gasteiger partial charge in [0.1, 0.15) is 4.60 Å². The first-order valence-corrected chi connectivity index (χ1v) is 7.00. The van der Waals surface area contributed by atoms with E-state index in [0.29, 0.717) is 10.4 Å². The zero-order chi connectivity index (χ0) is 14.1. The Balaban J connectivity index is 2.23. The quantitative estimate of drug-likeness (QED) is 0.707. The van der Waals surface area contributed by atoms with Crippen molar-refractivity contribution >= 4 is 15.9 Å². The molecular weight excluding hydrogens is 318 g/mol. The van der Waals surface area contributed by atoms with Gasteiger partial charge in [-0.05, 0) is 34.5 Å². The van der Waals surface area contributed by atoms with Crippen molar-refractivity contribution in [3.8, 4) is 17.0 Å². The van der Waals surface area contributed by atoms with E-state index in [1.807, 2.05) is 61.5 Å². The largest absolute Gasteiger partial charge is 0.425 e. The Kier molecular flexibility index (Phi) is 3.32. The fraction of sp³-hybridized carbons (Fsp3) is 0.0625. The van der Waals surface area contributed by atoms with E-state index in [2.05, 4.69) is 15.9 Å². The van der Waals surface area contributed by atoms with Crippen LogP contribution in [0.5, 0.6) is 0 Å². The van der Waals surface area contributed by atoms with Gasteiger partial charge in [-0.25, -0.2) is 9.36 Å². The first-order valence-electron chi connectivity index (χ1n) is 6.21. The number of oxazole rings is 1. The normalized spacial score (nSPS) is 10.7. The third kappa shape index (κ3) is 2.12. The summed E-state index contributed by atoms with van der Waals surface area (Å²) in [4.78, 5) is 12.2. The number of nitrogens with zero attached hydrogens (tertiary/aromatic N) is 1. The predicted molar refractivity (Wildman–Crippen MR) is 82.2 cm³/mol. The fourth-order valence-electron chi connectivity index (χ4n) is 2.14. The Morgan fingerprint density at radius 1 is 1.00 bits per heavy atom. The number of halogens is 1. The van der Waals surface area contributed by atoms with Crippen LogP contribution in [0.15, 0.2) is 68.4 Å². The highest BCUT2D eigenvalue weighted by Crippen LogP contribution is 2.29. The van der Waals surface area contributed by atoms with Crippen molar-refractivity contribution < 1.29 is 4.42 Å². The van der Waals surface area contributed by atoms with Gasteiger partial charge in [0.15, 0.2) is 5.76 Å². The lowest BCUT2D eigenvalue weighted by molar-refractivity contribution is 0.516. The van der Waals surface area contributed by atoms with Gasteiger partial charge in [0.25, 0.3) is 0 Å². The van der Waals surface area contributed by atoms with Gasteiger partial charge in [-0.15, -0.1) is 0 Å². The summed E-state index contributed by atoms with van der Waals surface area (Å²) in [5, 5.41) is 0. The first kappa shape index (κ1) is 12.9. The topological polar surface area (TPSA) is 35.1 Å². The van der Waals surface area contributed by atoms with E-state index in [1.165, 1.54) is 4.57 Å². The van der Waals surface area contributed by atoms with E-state index >= 15 is 0 Å². The molecule has 0 aliphatic carbocycles. The van der Waals surface area contributed by atoms with Crippen LogP contribution >= 0.6 is 15.9 Å². The average molecular weight is 330 g/mol. The second kappa shape index (κ2) is 5.13. The molecule has 2 aromatic carbocycles. The van der Waals surface area contributed by atoms with E-state index in [9.17, 15) is 4.79 Å². The van der Waals surface area contributed by atoms with Crippen molar-refractivity contribution in [3.63, 3.8) is 0 Å². The molecule has 0 fully saturated rings. The molecule has 0 N–H and O–H groups in total. The molecule has 0 atom stereocenters. The molecular formula is C16H12BrNO2. The van der Waals surface area contributed by atoms with Gasteiger partial charge in [-0.1, -0.05) is 48.5 Å². The molecule has 100 valence electrons. The van der Waals surface area contributed by atoms with Crippen LogP contribution in [0.2, 0.25) is 0 Å². The molecule has 0 radical (unpaired) electrons. The van der Waals surface area contributed by atoms with Crippen molar-refractivity contribution in [1.29, 1.82) is 0 Å². The van der Waals surface area contributed by atoms with Gasteiger partial charge in [-0.3, -0.25) is 0 Å². The highest BCUT2D eigenvalue weighted by molar-refractivity contribution is 9.10. The first-order chi connectivity index (χ1) is 9.68. The summed E-state index contributed by atoms with van der Waals surface area (Å²) in [7, 11) is 0. The highest BCUT2D eigenvalue weighted by Gasteiger charge is 2.18. The summed E-state index contributed by atoms with van der Waals surface area (Å²) in [6.45, 7) is 1.96. The predicted octanol–water partition coefficient (Wildman–Crippen LogP) is 4.17. The number of rotatable bonds is 2. The lowest BCUT2D eigenvalue weighted by Gasteiger charge is -2.05. The van der Waals surface area contributed by atoms with Gasteiger partial charge in [0.05, 0.1) is 5.69 Å². The number of hydrogen-bond acceptors (Lipinski definition) is 2. The van der Waals surface area contributed by atoms with Crippen LogP contribution in [-0.2, 0) is 0 Å². The maximum Gasteiger partial charge on any atom is 0.425 e. The van der Waals surface area contributed by atoms with Crippen LogP contribution in [0, 0.1) is 6.92 Å². The van der Waals surface area contributed by atoms with Crippen LogP contribution in [-0.4, -0.2) is 4.57 Å². The Bertz CT molecular complexity index is 803. The van der Waals surface area contributed by atoms with Gasteiger partial charge < -0.3 is 4.42 Å². The van der Waals surface area contributed by atoms with Crippen molar-refractivity contribution in [3.05, 3.63) is 75.3 Å². The third-order valence-electron chi connectivity index (χ3n) is 3.15. The van der Waals surface area contributed by atoms with Gasteiger partial charge >= 0.3 is 5.76 Å². The van der Waals surface area contributed by atoms with Crippen molar-refractivity contribution in [2.75, 3.05) is 0 Å². The summed E-state index contributed by atoms with van der Waals surface area (Å²) in [6, 6.07) is 17.3. The zero-order valence-electron chi connectivity index (χ0n) is 10.8. The van der Waals surface area contributed by atoms with Crippen LogP contribution in [0.25, 0.3) is 17.0 Å². The molecule has 0 unspecified atom stereocenters. The molecule has 0 saturated carbocycles. The number of benzene rings is 2. The van der Waals surface area contributed by atoms with Crippen molar-refractivity contribution in [1.82, 2.24) is 4.57 Å². The Morgan fingerprint density at radius 3 is 2.35 bits per heavy atom. The molecule has 3 rings (SSSR count). The molecule has 0 amide bonds. The smallest absolute Gasteiger partial charge is 0.406 e. The molecule has 0 aliphatic heterocycles. The number of hydrogen-bond donors (Lipinski definition) is 0. The second-order valence-corrected chi connectivity index (χ2v) is 5.23. The second-order valence-electron chi connectivity index (χ2n) is 4.48. The lowest BCUT2D eigenvalue weighted by atomic mass is 10.2. The standard InChI is InChI=1S/C16H12BrNO2/c1-11-7-5-6-10-13(11)18-15(17)14(20-16(18)19)12-8-3-2-4-9-12/h2-10H,1H3. The molecule has 0 saturated heterocycles. The molecule has 20 heavy (non-hydrogen) atoms. The monoisotopic (exact) mass is 329 g/mol. The minimum atomic E-state index is -0.398. The third-order valence-corrected chi connectivity index (χ3v) is 3.86. The van der Waals surface area contributed by atoms with Crippen molar-refractivity contribution in [2.45, 2.75) is 6.92 Å². The summed E-state index contributed by atoms with van der Waals surface area (Å²) in [5.74, 6) is 0.142. The van der Waals surface area contributed by atoms with Crippen molar-refractivity contribution in [2.24, 2.45) is 0 Å². The molecule has 1 aromatic heterocycles. The van der Waals surface area contributed by atoms with Gasteiger partial charge in [0.2, 0.25) is 0 Å². The molecule has 0 bridgehead atoms. The zero-order valence-corrected chi connectivity index (χ0v) is 12.4. The van der Waals surface area contributed by atoms with Crippen LogP contribution in [0.4, 0.5) is 0 Å². The molecule has 0 spiro atoms. The summed E-state index contributed by atoms with van der Waals surface area (Å²) < 4.78 is 7.57. The van der Waals surface area contributed by atoms with E-state index in [1.54, 1.807) is 0 Å². The van der Waals surface area contributed by atoms with E-state index < -0.39 is 5.76 Å². The Morgan fingerprint density at radius 2 is 1.65 bits per heavy atom. The highest BCUT2D eigenvalue weighted by atomic mass is 79.9. The molecule has 4 heteroatoms. The molecule has 0 aliphatic rings. The van der Waals surface area contributed by atoms with Crippen LogP contribution in [0.1, 0.15) is 5.56 Å². The molecule has 1 heterocycles. The molecule has 3 nitrogen and oxygen atoms in total. The summed E-state index contributed by atoms with van der Waals surface area (Å²) in [6.07, 6.45) is 0. The number of aromatic nitrogens is 1. The maximum atomic E-state index is 12.2. The number of aryl methyl sites for hydroxylation is 1. The molecule has 3 aromatic rings. The Hall–Kier alpha value is -2.07. The summed E-state index contributed by atoms with van der Waals surface area (Å²) >= 11 is 3.48. The Labute approximate surface area is 124 Å². The van der Waals surface area contributed by atoms with Gasteiger partial charge in [-0.2, -0.15) is 0 Å². The summed E-state index contributed by atoms with van der Waals surface area (Å²) in [5.41, 5.74) is 2.69. The lowest BCUT2D eigenvalue weighted by Crippen LogP contribution is -2.13. The average Bonchev–Trinajstić information content (AvgIpc) is 2.76. The minimum Gasteiger partial charge on any atom is -0.406 e. The van der Waals surface area contributed by atoms with E-state index in [4.69, 9.17) is 4.42 Å². The van der Waals surface area contributed by atoms with E-state index in [-0.39, 0.29) is 0 Å². The van der Waals surface area contributed by atoms with E-state index in [0.717, 1.165) is 16.8 Å². The van der Waals surface area contributed by atoms with Crippen LogP contribution < -0.4 is 5.76 Å². The fourth-order valence-corrected chi connectivity index (χ4v) is 2.79. The van der Waals surface area contributed by atoms with Crippen LogP contribution in [0.3, 0.4) is 0 Å². The minimum absolute atomic E-state index is 0.398. The number of para-hydroxylation sites is 1. The maximum absolute atomic E-state index is 12.2. The van der Waals surface area contributed by atoms with Gasteiger partial charge in [0, 0.05) is 5.56 Å². The SMILES string of the molecule is Cc1ccccc1-n1c(Br)c(-c2ccccc2)oc1=O.